The summed E-state index contributed by atoms with van der Waals surface area (Å²) in [6.07, 6.45) is 2.92. The first-order chi connectivity index (χ1) is 10.3. The zero-order chi connectivity index (χ0) is 16.3. The topological polar surface area (TPSA) is 81.9 Å². The van der Waals surface area contributed by atoms with Crippen LogP contribution in [-0.2, 0) is 25.2 Å². The molecule has 2 aromatic rings. The summed E-state index contributed by atoms with van der Waals surface area (Å²) in [5.74, 6) is -2.24. The predicted molar refractivity (Wildman–Crippen MR) is 81.4 cm³/mol. The molecular weight excluding hydrogens is 306 g/mol. The molecule has 2 heterocycles. The molecule has 0 amide bonds. The first-order valence-electron chi connectivity index (χ1n) is 6.47. The molecule has 2 aromatic heterocycles. The minimum Gasteiger partial charge on any atom is -0.403 e. The molecule has 0 aromatic carbocycles. The van der Waals surface area contributed by atoms with Crippen LogP contribution in [0.5, 0.6) is 5.88 Å². The van der Waals surface area contributed by atoms with Gasteiger partial charge in [-0.1, -0.05) is 12.1 Å². The Hall–Kier alpha value is -2.41. The van der Waals surface area contributed by atoms with Gasteiger partial charge in [0.2, 0.25) is 11.7 Å². The van der Waals surface area contributed by atoms with E-state index in [9.17, 15) is 18.0 Å². The lowest BCUT2D eigenvalue weighted by atomic mass is 10.3. The Balaban J connectivity index is 2.50. The van der Waals surface area contributed by atoms with Gasteiger partial charge in [-0.2, -0.15) is 0 Å². The maximum Gasteiger partial charge on any atom is 0.380 e. The third-order valence-corrected chi connectivity index (χ3v) is 4.43. The fraction of sp³-hybridized carbons (Fsp3) is 0.200. The summed E-state index contributed by atoms with van der Waals surface area (Å²) in [5.41, 5.74) is 0.986. The third kappa shape index (κ3) is 3.43. The zero-order valence-electron chi connectivity index (χ0n) is 12.0. The van der Waals surface area contributed by atoms with Crippen LogP contribution in [-0.4, -0.2) is 30.3 Å². The van der Waals surface area contributed by atoms with Crippen molar-refractivity contribution >= 4 is 27.1 Å². The molecule has 0 unspecified atom stereocenters. The number of carbonyl (C=O) groups is 2. The number of ether oxygens (including phenoxy) is 1. The number of ketones is 1. The van der Waals surface area contributed by atoms with Crippen LogP contribution in [0.2, 0.25) is 0 Å². The smallest absolute Gasteiger partial charge is 0.380 e. The molecule has 0 aliphatic rings. The number of pyridine rings is 1. The van der Waals surface area contributed by atoms with Crippen LogP contribution in [0.1, 0.15) is 12.5 Å². The van der Waals surface area contributed by atoms with Gasteiger partial charge in [0.25, 0.3) is 0 Å². The molecule has 0 aliphatic carbocycles. The zero-order valence-corrected chi connectivity index (χ0v) is 12.8. The van der Waals surface area contributed by atoms with Crippen molar-refractivity contribution in [1.82, 2.24) is 4.40 Å². The summed E-state index contributed by atoms with van der Waals surface area (Å²) >= 11 is 0. The van der Waals surface area contributed by atoms with Crippen molar-refractivity contribution in [1.29, 1.82) is 0 Å². The molecule has 22 heavy (non-hydrogen) atoms. The molecule has 2 rings (SSSR count). The molecule has 0 saturated carbocycles. The van der Waals surface area contributed by atoms with E-state index in [0.717, 1.165) is 6.92 Å². The summed E-state index contributed by atoms with van der Waals surface area (Å²) in [7, 11) is -3.42. The first-order valence-corrected chi connectivity index (χ1v) is 8.29. The lowest BCUT2D eigenvalue weighted by Gasteiger charge is -2.06. The molecule has 7 heteroatoms. The van der Waals surface area contributed by atoms with Gasteiger partial charge in [-0.25, -0.2) is 13.2 Å². The van der Waals surface area contributed by atoms with Crippen molar-refractivity contribution in [2.45, 2.75) is 12.7 Å². The Kier molecular flexibility index (Phi) is 4.46. The van der Waals surface area contributed by atoms with Crippen molar-refractivity contribution in [2.75, 3.05) is 5.75 Å². The van der Waals surface area contributed by atoms with Crippen LogP contribution in [0.4, 0.5) is 0 Å². The number of hydrogen-bond acceptors (Lipinski definition) is 5. The van der Waals surface area contributed by atoms with E-state index in [1.807, 2.05) is 0 Å². The van der Waals surface area contributed by atoms with Gasteiger partial charge in [-0.05, 0) is 18.2 Å². The second kappa shape index (κ2) is 6.15. The number of fused-ring (bicyclic) bond motifs is 1. The van der Waals surface area contributed by atoms with Crippen LogP contribution in [0, 0.1) is 0 Å². The minimum atomic E-state index is -3.42. The molecule has 0 saturated heterocycles. The standard InChI is InChI=1S/C15H15NO5S/c1-3-8-22(19,20)10-12-9-13-6-4-5-7-16(13)14(12)21-15(18)11(2)17/h3-7,9H,1,8,10H2,2H3. The average molecular weight is 321 g/mol. The second-order valence-corrected chi connectivity index (χ2v) is 6.87. The lowest BCUT2D eigenvalue weighted by molar-refractivity contribution is -0.146. The van der Waals surface area contributed by atoms with E-state index in [2.05, 4.69) is 6.58 Å². The molecule has 116 valence electrons. The fourth-order valence-electron chi connectivity index (χ4n) is 2.01. The van der Waals surface area contributed by atoms with Crippen LogP contribution in [0.3, 0.4) is 0 Å². The fourth-order valence-corrected chi connectivity index (χ4v) is 3.16. The molecular formula is C15H15NO5S. The van der Waals surface area contributed by atoms with Crippen LogP contribution in [0.15, 0.2) is 43.1 Å². The van der Waals surface area contributed by atoms with Crippen LogP contribution < -0.4 is 4.74 Å². The van der Waals surface area contributed by atoms with Gasteiger partial charge in [0.15, 0.2) is 9.84 Å². The quantitative estimate of drug-likeness (QED) is 0.458. The summed E-state index contributed by atoms with van der Waals surface area (Å²) in [6.45, 7) is 4.50. The molecule has 0 bridgehead atoms. The number of Topliss-reactive ketones (excluding diaryl/α,β-unsaturated/α-hetero) is 1. The number of sulfone groups is 1. The molecule has 0 radical (unpaired) electrons. The Bertz CT molecular complexity index is 848. The maximum atomic E-state index is 12.0. The Morgan fingerprint density at radius 1 is 1.36 bits per heavy atom. The number of nitrogens with zero attached hydrogens (tertiary/aromatic N) is 1. The summed E-state index contributed by atoms with van der Waals surface area (Å²) in [6, 6.07) is 6.84. The van der Waals surface area contributed by atoms with E-state index < -0.39 is 21.6 Å². The Morgan fingerprint density at radius 2 is 2.09 bits per heavy atom. The molecule has 0 spiro atoms. The molecule has 0 fully saturated rings. The van der Waals surface area contributed by atoms with E-state index in [1.165, 1.54) is 10.5 Å². The van der Waals surface area contributed by atoms with E-state index in [0.29, 0.717) is 11.1 Å². The average Bonchev–Trinajstić information content (AvgIpc) is 2.75. The van der Waals surface area contributed by atoms with Gasteiger partial charge < -0.3 is 4.74 Å². The molecule has 0 N–H and O–H groups in total. The van der Waals surface area contributed by atoms with Gasteiger partial charge >= 0.3 is 5.97 Å². The molecule has 0 aliphatic heterocycles. The highest BCUT2D eigenvalue weighted by Crippen LogP contribution is 2.26. The van der Waals surface area contributed by atoms with E-state index in [4.69, 9.17) is 4.74 Å². The van der Waals surface area contributed by atoms with E-state index in [1.54, 1.807) is 30.5 Å². The van der Waals surface area contributed by atoms with Crippen molar-refractivity contribution in [2.24, 2.45) is 0 Å². The van der Waals surface area contributed by atoms with Gasteiger partial charge in [-0.3, -0.25) is 9.20 Å². The maximum absolute atomic E-state index is 12.0. The summed E-state index contributed by atoms with van der Waals surface area (Å²) in [5, 5.41) is 0. The van der Waals surface area contributed by atoms with E-state index >= 15 is 0 Å². The third-order valence-electron chi connectivity index (χ3n) is 2.93. The van der Waals surface area contributed by atoms with E-state index in [-0.39, 0.29) is 17.4 Å². The van der Waals surface area contributed by atoms with Crippen molar-refractivity contribution < 1.29 is 22.7 Å². The van der Waals surface area contributed by atoms with Gasteiger partial charge in [0.1, 0.15) is 0 Å². The molecule has 6 nitrogen and oxygen atoms in total. The van der Waals surface area contributed by atoms with Crippen molar-refractivity contribution in [3.8, 4) is 5.88 Å². The second-order valence-electron chi connectivity index (χ2n) is 4.76. The number of esters is 1. The number of carbonyl (C=O) groups excluding carboxylic acids is 2. The van der Waals surface area contributed by atoms with Gasteiger partial charge in [0, 0.05) is 24.2 Å². The number of rotatable bonds is 6. The highest BCUT2D eigenvalue weighted by atomic mass is 32.2. The van der Waals surface area contributed by atoms with Crippen molar-refractivity contribution in [3.05, 3.63) is 48.7 Å². The summed E-state index contributed by atoms with van der Waals surface area (Å²) < 4.78 is 30.5. The number of hydrogen-bond donors (Lipinski definition) is 0. The molecule has 0 atom stereocenters. The van der Waals surface area contributed by atoms with Gasteiger partial charge in [0.05, 0.1) is 11.5 Å². The number of aromatic nitrogens is 1. The minimum absolute atomic E-state index is 0.0448. The monoisotopic (exact) mass is 321 g/mol. The summed E-state index contributed by atoms with van der Waals surface area (Å²) in [4.78, 5) is 22.6. The lowest BCUT2D eigenvalue weighted by Crippen LogP contribution is -2.19. The largest absolute Gasteiger partial charge is 0.403 e. The van der Waals surface area contributed by atoms with Crippen LogP contribution >= 0.6 is 0 Å². The highest BCUT2D eigenvalue weighted by molar-refractivity contribution is 7.90. The Labute approximate surface area is 127 Å². The van der Waals surface area contributed by atoms with Crippen LogP contribution in [0.25, 0.3) is 5.52 Å². The normalized spacial score (nSPS) is 11.3. The predicted octanol–water partition coefficient (Wildman–Crippen LogP) is 1.53. The highest BCUT2D eigenvalue weighted by Gasteiger charge is 2.21. The SMILES string of the molecule is C=CCS(=O)(=O)Cc1cc2ccccn2c1OC(=O)C(C)=O. The van der Waals surface area contributed by atoms with Gasteiger partial charge in [-0.15, -0.1) is 6.58 Å². The Morgan fingerprint density at radius 3 is 2.73 bits per heavy atom. The first kappa shape index (κ1) is 16.0. The van der Waals surface area contributed by atoms with Crippen molar-refractivity contribution in [3.63, 3.8) is 0 Å².